The van der Waals surface area contributed by atoms with Gasteiger partial charge >= 0.3 is 0 Å². The Balaban J connectivity index is 2.63. The predicted molar refractivity (Wildman–Crippen MR) is 71.9 cm³/mol. The summed E-state index contributed by atoms with van der Waals surface area (Å²) in [5.74, 6) is 0.0469. The van der Waals surface area contributed by atoms with Crippen molar-refractivity contribution in [3.8, 4) is 0 Å². The Morgan fingerprint density at radius 2 is 2.05 bits per heavy atom. The van der Waals surface area contributed by atoms with E-state index >= 15 is 0 Å². The molecule has 1 saturated heterocycles. The summed E-state index contributed by atoms with van der Waals surface area (Å²) >= 11 is 0. The number of hydrogen-bond acceptors (Lipinski definition) is 5. The van der Waals surface area contributed by atoms with Gasteiger partial charge in [-0.25, -0.2) is 0 Å². The van der Waals surface area contributed by atoms with Gasteiger partial charge in [0, 0.05) is 40.0 Å². The Kier molecular flexibility index (Phi) is 6.71. The smallest absolute Gasteiger partial charge is 0.232 e. The van der Waals surface area contributed by atoms with Gasteiger partial charge in [-0.05, 0) is 13.3 Å². The number of ether oxygens (including phenoxy) is 3. The van der Waals surface area contributed by atoms with Crippen molar-refractivity contribution >= 4 is 5.91 Å². The lowest BCUT2D eigenvalue weighted by Gasteiger charge is -2.33. The molecule has 1 aliphatic heterocycles. The van der Waals surface area contributed by atoms with E-state index in [1.54, 1.807) is 19.1 Å². The highest BCUT2D eigenvalue weighted by atomic mass is 16.5. The number of rotatable bonds is 8. The fourth-order valence-electron chi connectivity index (χ4n) is 2.19. The highest BCUT2D eigenvalue weighted by Gasteiger charge is 2.46. The van der Waals surface area contributed by atoms with E-state index in [0.717, 1.165) is 6.42 Å². The lowest BCUT2D eigenvalue weighted by molar-refractivity contribution is -0.142. The van der Waals surface area contributed by atoms with Crippen molar-refractivity contribution < 1.29 is 19.0 Å². The molecule has 6 heteroatoms. The zero-order chi connectivity index (χ0) is 14.3. The summed E-state index contributed by atoms with van der Waals surface area (Å²) in [7, 11) is 3.29. The van der Waals surface area contributed by atoms with E-state index in [1.165, 1.54) is 0 Å². The number of carbonyl (C=O) groups excluding carboxylic acids is 1. The molecule has 2 unspecified atom stereocenters. The molecule has 0 aromatic heterocycles. The van der Waals surface area contributed by atoms with Crippen LogP contribution in [0.5, 0.6) is 0 Å². The van der Waals surface area contributed by atoms with Crippen molar-refractivity contribution in [2.75, 3.05) is 53.7 Å². The van der Waals surface area contributed by atoms with Gasteiger partial charge in [-0.3, -0.25) is 4.79 Å². The molecule has 0 spiro atoms. The van der Waals surface area contributed by atoms with Crippen LogP contribution in [-0.2, 0) is 19.0 Å². The molecule has 112 valence electrons. The highest BCUT2D eigenvalue weighted by molar-refractivity contribution is 5.83. The first-order chi connectivity index (χ1) is 9.06. The summed E-state index contributed by atoms with van der Waals surface area (Å²) in [6, 6.07) is -0.243. The first-order valence-electron chi connectivity index (χ1n) is 6.67. The Morgan fingerprint density at radius 1 is 1.37 bits per heavy atom. The van der Waals surface area contributed by atoms with Crippen LogP contribution in [0.1, 0.15) is 13.3 Å². The zero-order valence-electron chi connectivity index (χ0n) is 12.2. The minimum Gasteiger partial charge on any atom is -0.385 e. The number of amides is 1. The first-order valence-corrected chi connectivity index (χ1v) is 6.67. The molecule has 1 aliphatic rings. The topological polar surface area (TPSA) is 74.0 Å². The van der Waals surface area contributed by atoms with Crippen molar-refractivity contribution in [1.82, 2.24) is 4.90 Å². The summed E-state index contributed by atoms with van der Waals surface area (Å²) in [6.07, 6.45) is 0.804. The lowest BCUT2D eigenvalue weighted by atomic mass is 9.84. The molecule has 2 N–H and O–H groups in total. The molecule has 6 nitrogen and oxygen atoms in total. The fraction of sp³-hybridized carbons (Fsp3) is 0.923. The summed E-state index contributed by atoms with van der Waals surface area (Å²) in [5, 5.41) is 0. The average molecular weight is 274 g/mol. The summed E-state index contributed by atoms with van der Waals surface area (Å²) < 4.78 is 15.4. The molecule has 1 fully saturated rings. The third-order valence-corrected chi connectivity index (χ3v) is 3.64. The molecule has 0 aromatic rings. The van der Waals surface area contributed by atoms with Gasteiger partial charge in [-0.1, -0.05) is 0 Å². The van der Waals surface area contributed by atoms with Gasteiger partial charge in [0.05, 0.1) is 25.2 Å². The van der Waals surface area contributed by atoms with Crippen LogP contribution in [-0.4, -0.2) is 70.6 Å². The maximum absolute atomic E-state index is 12.6. The number of nitrogens with zero attached hydrogens (tertiary/aromatic N) is 1. The fourth-order valence-corrected chi connectivity index (χ4v) is 2.19. The Labute approximate surface area is 115 Å². The van der Waals surface area contributed by atoms with E-state index < -0.39 is 5.41 Å². The molecule has 0 aromatic carbocycles. The lowest BCUT2D eigenvalue weighted by Crippen LogP contribution is -2.52. The van der Waals surface area contributed by atoms with Crippen molar-refractivity contribution in [3.63, 3.8) is 0 Å². The van der Waals surface area contributed by atoms with Crippen LogP contribution in [0.2, 0.25) is 0 Å². The van der Waals surface area contributed by atoms with Crippen molar-refractivity contribution in [2.45, 2.75) is 19.4 Å². The quantitative estimate of drug-likeness (QED) is 0.624. The third-order valence-electron chi connectivity index (χ3n) is 3.64. The van der Waals surface area contributed by atoms with E-state index in [9.17, 15) is 4.79 Å². The molecule has 19 heavy (non-hydrogen) atoms. The van der Waals surface area contributed by atoms with Crippen LogP contribution in [0.3, 0.4) is 0 Å². The molecule has 0 radical (unpaired) electrons. The minimum absolute atomic E-state index is 0.0469. The SMILES string of the molecule is COCCCN(CCOC)C(=O)C1(C)COCC1N. The number of hydrogen-bond donors (Lipinski definition) is 1. The van der Waals surface area contributed by atoms with Gasteiger partial charge in [0.15, 0.2) is 0 Å². The molecule has 0 bridgehead atoms. The second kappa shape index (κ2) is 7.79. The van der Waals surface area contributed by atoms with Crippen LogP contribution >= 0.6 is 0 Å². The Morgan fingerprint density at radius 3 is 2.58 bits per heavy atom. The number of methoxy groups -OCH3 is 2. The monoisotopic (exact) mass is 274 g/mol. The molecular weight excluding hydrogens is 248 g/mol. The second-order valence-corrected chi connectivity index (χ2v) is 5.17. The summed E-state index contributed by atoms with van der Waals surface area (Å²) in [6.45, 7) is 5.09. The first kappa shape index (κ1) is 16.4. The third kappa shape index (κ3) is 4.14. The molecule has 2 atom stereocenters. The van der Waals surface area contributed by atoms with Crippen LogP contribution < -0.4 is 5.73 Å². The Bertz CT molecular complexity index is 288. The summed E-state index contributed by atoms with van der Waals surface area (Å²) in [4.78, 5) is 14.4. The predicted octanol–water partition coefficient (Wildman–Crippen LogP) is -0.138. The van der Waals surface area contributed by atoms with E-state index in [4.69, 9.17) is 19.9 Å². The van der Waals surface area contributed by atoms with Crippen LogP contribution in [0.4, 0.5) is 0 Å². The molecule has 1 rings (SSSR count). The highest BCUT2D eigenvalue weighted by Crippen LogP contribution is 2.29. The van der Waals surface area contributed by atoms with E-state index in [2.05, 4.69) is 0 Å². The molecule has 1 amide bonds. The summed E-state index contributed by atoms with van der Waals surface area (Å²) in [5.41, 5.74) is 5.38. The number of carbonyl (C=O) groups is 1. The van der Waals surface area contributed by atoms with Gasteiger partial charge in [-0.15, -0.1) is 0 Å². The molecule has 0 saturated carbocycles. The normalized spacial score (nSPS) is 26.6. The van der Waals surface area contributed by atoms with E-state index in [-0.39, 0.29) is 11.9 Å². The van der Waals surface area contributed by atoms with Crippen LogP contribution in [0.15, 0.2) is 0 Å². The standard InChI is InChI=1S/C13H26N2O4/c1-13(10-19-9-11(13)14)12(16)15(6-8-18-3)5-4-7-17-2/h11H,4-10,14H2,1-3H3. The van der Waals surface area contributed by atoms with E-state index in [0.29, 0.717) is 39.5 Å². The van der Waals surface area contributed by atoms with Gasteiger partial charge in [0.1, 0.15) is 0 Å². The van der Waals surface area contributed by atoms with Crippen molar-refractivity contribution in [3.05, 3.63) is 0 Å². The van der Waals surface area contributed by atoms with Gasteiger partial charge in [-0.2, -0.15) is 0 Å². The molecule has 0 aliphatic carbocycles. The minimum atomic E-state index is -0.624. The van der Waals surface area contributed by atoms with Crippen molar-refractivity contribution in [1.29, 1.82) is 0 Å². The maximum Gasteiger partial charge on any atom is 0.232 e. The van der Waals surface area contributed by atoms with Gasteiger partial charge < -0.3 is 24.8 Å². The number of nitrogens with two attached hydrogens (primary N) is 1. The molecule has 1 heterocycles. The van der Waals surface area contributed by atoms with Crippen LogP contribution in [0, 0.1) is 5.41 Å². The van der Waals surface area contributed by atoms with Gasteiger partial charge in [0.25, 0.3) is 0 Å². The molecular formula is C13H26N2O4. The van der Waals surface area contributed by atoms with Crippen LogP contribution in [0.25, 0.3) is 0 Å². The Hall–Kier alpha value is -0.690. The van der Waals surface area contributed by atoms with Gasteiger partial charge in [0.2, 0.25) is 5.91 Å². The largest absolute Gasteiger partial charge is 0.385 e. The van der Waals surface area contributed by atoms with E-state index in [1.807, 2.05) is 6.92 Å². The maximum atomic E-state index is 12.6. The zero-order valence-corrected chi connectivity index (χ0v) is 12.2. The average Bonchev–Trinajstić information content (AvgIpc) is 2.74. The second-order valence-electron chi connectivity index (χ2n) is 5.17. The van der Waals surface area contributed by atoms with Crippen molar-refractivity contribution in [2.24, 2.45) is 11.1 Å².